The third-order valence-corrected chi connectivity index (χ3v) is 2.74. The minimum absolute atomic E-state index is 0.224. The molecule has 0 spiro atoms. The van der Waals surface area contributed by atoms with E-state index in [2.05, 4.69) is 18.6 Å². The molecule has 0 aliphatic heterocycles. The summed E-state index contributed by atoms with van der Waals surface area (Å²) in [4.78, 5) is 0. The van der Waals surface area contributed by atoms with E-state index < -0.39 is 11.4 Å². The van der Waals surface area contributed by atoms with Gasteiger partial charge in [-0.15, -0.1) is 4.72 Å². The van der Waals surface area contributed by atoms with E-state index in [1.807, 2.05) is 13.8 Å². The second kappa shape index (κ2) is 5.86. The second-order valence-electron chi connectivity index (χ2n) is 3.42. The molecule has 0 radical (unpaired) electrons. The van der Waals surface area contributed by atoms with Crippen LogP contribution in [0.5, 0.6) is 0 Å². The molecule has 0 rings (SSSR count). The van der Waals surface area contributed by atoms with Crippen molar-refractivity contribution in [3.8, 4) is 0 Å². The van der Waals surface area contributed by atoms with Gasteiger partial charge in [-0.05, 0) is 26.2 Å². The SMILES string of the molecule is CC(C)CCN[S+]([O-])C(C)C. The van der Waals surface area contributed by atoms with Gasteiger partial charge < -0.3 is 4.55 Å². The van der Waals surface area contributed by atoms with E-state index in [0.717, 1.165) is 13.0 Å². The van der Waals surface area contributed by atoms with Crippen LogP contribution in [0.1, 0.15) is 34.1 Å². The predicted octanol–water partition coefficient (Wildman–Crippen LogP) is 1.69. The highest BCUT2D eigenvalue weighted by Gasteiger charge is 2.10. The van der Waals surface area contributed by atoms with Crippen molar-refractivity contribution in [3.63, 3.8) is 0 Å². The summed E-state index contributed by atoms with van der Waals surface area (Å²) in [7, 11) is 0. The molecule has 0 amide bonds. The first-order valence-corrected chi connectivity index (χ1v) is 5.39. The predicted molar refractivity (Wildman–Crippen MR) is 50.7 cm³/mol. The smallest absolute Gasteiger partial charge is 0.129 e. The van der Waals surface area contributed by atoms with E-state index in [4.69, 9.17) is 0 Å². The third kappa shape index (κ3) is 6.66. The highest BCUT2D eigenvalue weighted by Crippen LogP contribution is 2.00. The van der Waals surface area contributed by atoms with Gasteiger partial charge in [-0.1, -0.05) is 13.8 Å². The maximum absolute atomic E-state index is 11.1. The minimum Gasteiger partial charge on any atom is -0.598 e. The monoisotopic (exact) mass is 177 g/mol. The molecule has 0 heterocycles. The molecule has 0 aliphatic rings. The lowest BCUT2D eigenvalue weighted by atomic mass is 10.1. The summed E-state index contributed by atoms with van der Waals surface area (Å²) in [6.07, 6.45) is 1.10. The first-order chi connectivity index (χ1) is 5.04. The maximum atomic E-state index is 11.1. The molecule has 1 atom stereocenters. The van der Waals surface area contributed by atoms with Gasteiger partial charge in [0.05, 0.1) is 0 Å². The van der Waals surface area contributed by atoms with Gasteiger partial charge in [0, 0.05) is 17.9 Å². The average molecular weight is 177 g/mol. The van der Waals surface area contributed by atoms with E-state index >= 15 is 0 Å². The highest BCUT2D eigenvalue weighted by molar-refractivity contribution is 7.90. The van der Waals surface area contributed by atoms with E-state index in [1.54, 1.807) is 0 Å². The fourth-order valence-electron chi connectivity index (χ4n) is 0.615. The normalized spacial score (nSPS) is 14.5. The van der Waals surface area contributed by atoms with Crippen LogP contribution in [0.25, 0.3) is 0 Å². The van der Waals surface area contributed by atoms with Gasteiger partial charge in [0.1, 0.15) is 5.25 Å². The summed E-state index contributed by atoms with van der Waals surface area (Å²) in [6, 6.07) is 0. The van der Waals surface area contributed by atoms with Gasteiger partial charge in [0.15, 0.2) is 0 Å². The maximum Gasteiger partial charge on any atom is 0.129 e. The summed E-state index contributed by atoms with van der Waals surface area (Å²) < 4.78 is 14.1. The molecular formula is C8H19NOS. The van der Waals surface area contributed by atoms with Crippen LogP contribution in [0.15, 0.2) is 0 Å². The zero-order valence-electron chi connectivity index (χ0n) is 7.89. The zero-order valence-corrected chi connectivity index (χ0v) is 8.70. The molecule has 2 nitrogen and oxygen atoms in total. The topological polar surface area (TPSA) is 35.1 Å². The van der Waals surface area contributed by atoms with Gasteiger partial charge in [-0.2, -0.15) is 0 Å². The van der Waals surface area contributed by atoms with Gasteiger partial charge in [0.2, 0.25) is 0 Å². The highest BCUT2D eigenvalue weighted by atomic mass is 32.2. The summed E-state index contributed by atoms with van der Waals surface area (Å²) in [5.41, 5.74) is 0. The lowest BCUT2D eigenvalue weighted by Crippen LogP contribution is -2.31. The summed E-state index contributed by atoms with van der Waals surface area (Å²) >= 11 is -0.838. The molecule has 0 aromatic rings. The third-order valence-electron chi connectivity index (χ3n) is 1.39. The van der Waals surface area contributed by atoms with Gasteiger partial charge in [-0.3, -0.25) is 0 Å². The quantitative estimate of drug-likeness (QED) is 0.649. The minimum atomic E-state index is -0.838. The van der Waals surface area contributed by atoms with Crippen LogP contribution >= 0.6 is 0 Å². The van der Waals surface area contributed by atoms with Crippen LogP contribution in [-0.4, -0.2) is 16.3 Å². The Morgan fingerprint density at radius 1 is 1.27 bits per heavy atom. The van der Waals surface area contributed by atoms with E-state index in [0.29, 0.717) is 5.92 Å². The van der Waals surface area contributed by atoms with Crippen molar-refractivity contribution in [2.24, 2.45) is 5.92 Å². The van der Waals surface area contributed by atoms with Crippen molar-refractivity contribution < 1.29 is 4.55 Å². The molecular weight excluding hydrogens is 158 g/mol. The molecule has 0 fully saturated rings. The van der Waals surface area contributed by atoms with Gasteiger partial charge in [-0.25, -0.2) is 0 Å². The van der Waals surface area contributed by atoms with E-state index in [1.165, 1.54) is 0 Å². The zero-order chi connectivity index (χ0) is 8.85. The molecule has 11 heavy (non-hydrogen) atoms. The van der Waals surface area contributed by atoms with Crippen LogP contribution in [0.4, 0.5) is 0 Å². The molecule has 68 valence electrons. The van der Waals surface area contributed by atoms with Crippen molar-refractivity contribution in [2.45, 2.75) is 39.4 Å². The van der Waals surface area contributed by atoms with Crippen molar-refractivity contribution in [1.29, 1.82) is 0 Å². The Hall–Kier alpha value is 0.270. The molecule has 0 aromatic carbocycles. The fraction of sp³-hybridized carbons (Fsp3) is 1.00. The molecule has 1 N–H and O–H groups in total. The Morgan fingerprint density at radius 3 is 2.18 bits per heavy atom. The lowest BCUT2D eigenvalue weighted by molar-refractivity contribution is 0.545. The summed E-state index contributed by atoms with van der Waals surface area (Å²) in [5, 5.41) is 0.224. The molecule has 3 heteroatoms. The molecule has 0 aliphatic carbocycles. The van der Waals surface area contributed by atoms with Crippen LogP contribution in [0.2, 0.25) is 0 Å². The number of hydrogen-bond acceptors (Lipinski definition) is 2. The first kappa shape index (κ1) is 11.3. The van der Waals surface area contributed by atoms with Crippen LogP contribution in [-0.2, 0) is 11.4 Å². The Kier molecular flexibility index (Phi) is 6.01. The standard InChI is InChI=1S/C8H19NOS/c1-7(2)5-6-9-11(10)8(3)4/h7-9H,5-6H2,1-4H3. The van der Waals surface area contributed by atoms with Crippen molar-refractivity contribution in [3.05, 3.63) is 0 Å². The van der Waals surface area contributed by atoms with Gasteiger partial charge >= 0.3 is 0 Å². The second-order valence-corrected chi connectivity index (χ2v) is 5.25. The molecule has 0 saturated carbocycles. The Balaban J connectivity index is 3.24. The van der Waals surface area contributed by atoms with Crippen molar-refractivity contribution in [2.75, 3.05) is 6.54 Å². The molecule has 0 saturated heterocycles. The summed E-state index contributed by atoms with van der Waals surface area (Å²) in [6.45, 7) is 9.11. The van der Waals surface area contributed by atoms with Crippen molar-refractivity contribution >= 4 is 11.4 Å². The average Bonchev–Trinajstić information content (AvgIpc) is 1.86. The first-order valence-electron chi connectivity index (χ1n) is 4.18. The van der Waals surface area contributed by atoms with E-state index in [-0.39, 0.29) is 5.25 Å². The molecule has 1 unspecified atom stereocenters. The molecule has 0 aromatic heterocycles. The van der Waals surface area contributed by atoms with Crippen LogP contribution < -0.4 is 4.72 Å². The largest absolute Gasteiger partial charge is 0.598 e. The van der Waals surface area contributed by atoms with Gasteiger partial charge in [0.25, 0.3) is 0 Å². The van der Waals surface area contributed by atoms with E-state index in [9.17, 15) is 4.55 Å². The number of hydrogen-bond donors (Lipinski definition) is 1. The lowest BCUT2D eigenvalue weighted by Gasteiger charge is -2.14. The molecule has 0 bridgehead atoms. The fourth-order valence-corrected chi connectivity index (χ4v) is 1.27. The Labute approximate surface area is 73.1 Å². The summed E-state index contributed by atoms with van der Waals surface area (Å²) in [5.74, 6) is 0.687. The van der Waals surface area contributed by atoms with Crippen LogP contribution in [0.3, 0.4) is 0 Å². The Morgan fingerprint density at radius 2 is 1.82 bits per heavy atom. The van der Waals surface area contributed by atoms with Crippen molar-refractivity contribution in [1.82, 2.24) is 4.72 Å². The van der Waals surface area contributed by atoms with Crippen LogP contribution in [0, 0.1) is 5.92 Å². The number of nitrogens with one attached hydrogen (secondary N) is 1. The Bertz CT molecular complexity index is 96.1. The number of rotatable bonds is 5.